The number of benzene rings is 1. The first-order valence-corrected chi connectivity index (χ1v) is 9.52. The number of rotatable bonds is 11. The fraction of sp³-hybridized carbons (Fsp3) is 0.529. The Labute approximate surface area is 135 Å². The van der Waals surface area contributed by atoms with Crippen LogP contribution in [0.1, 0.15) is 44.7 Å². The van der Waals surface area contributed by atoms with Gasteiger partial charge in [0.05, 0.1) is 0 Å². The molecular weight excluding hydrogens is 296 g/mol. The van der Waals surface area contributed by atoms with Crippen LogP contribution in [0.4, 0.5) is 0 Å². The van der Waals surface area contributed by atoms with E-state index in [1.807, 2.05) is 39.0 Å². The highest BCUT2D eigenvalue weighted by Gasteiger charge is 2.45. The minimum absolute atomic E-state index is 0.197. The minimum Gasteiger partial charge on any atom is -0.351 e. The second-order valence-corrected chi connectivity index (χ2v) is 7.00. The van der Waals surface area contributed by atoms with Crippen LogP contribution < -0.4 is 0 Å². The molecule has 0 N–H and O–H groups in total. The molecule has 0 aliphatic heterocycles. The second kappa shape index (κ2) is 9.92. The molecule has 5 heteroatoms. The van der Waals surface area contributed by atoms with Gasteiger partial charge in [-0.1, -0.05) is 43.8 Å². The normalized spacial score (nSPS) is 13.1. The Kier molecular flexibility index (Phi) is 8.59. The van der Waals surface area contributed by atoms with Gasteiger partial charge in [-0.05, 0) is 31.9 Å². The van der Waals surface area contributed by atoms with Crippen LogP contribution >= 0.6 is 0 Å². The first-order chi connectivity index (χ1) is 10.6. The Morgan fingerprint density at radius 1 is 1.00 bits per heavy atom. The molecule has 0 aromatic heterocycles. The molecule has 0 bridgehead atoms. The lowest BCUT2D eigenvalue weighted by Crippen LogP contribution is -2.50. The molecule has 4 nitrogen and oxygen atoms in total. The topological polar surface area (TPSA) is 36.9 Å². The van der Waals surface area contributed by atoms with Crippen molar-refractivity contribution < 1.29 is 17.7 Å². The third-order valence-corrected chi connectivity index (χ3v) is 5.67. The molecule has 1 atom stereocenters. The van der Waals surface area contributed by atoms with Crippen molar-refractivity contribution in [3.8, 4) is 0 Å². The monoisotopic (exact) mass is 324 g/mol. The van der Waals surface area contributed by atoms with Gasteiger partial charge in [-0.3, -0.25) is 0 Å². The lowest BCUT2D eigenvalue weighted by molar-refractivity contribution is -0.0295. The molecule has 124 valence electrons. The van der Waals surface area contributed by atoms with Crippen LogP contribution in [0.3, 0.4) is 0 Å². The van der Waals surface area contributed by atoms with Crippen molar-refractivity contribution >= 4 is 15.1 Å². The summed E-state index contributed by atoms with van der Waals surface area (Å²) in [5, 5.41) is 0. The molecule has 0 radical (unpaired) electrons. The molecule has 0 spiro atoms. The average Bonchev–Trinajstić information content (AvgIpc) is 2.53. The molecule has 1 aromatic carbocycles. The van der Waals surface area contributed by atoms with E-state index in [1.165, 1.54) is 5.56 Å². The van der Waals surface area contributed by atoms with Crippen molar-refractivity contribution in [2.75, 3.05) is 26.4 Å². The van der Waals surface area contributed by atoms with Crippen molar-refractivity contribution in [1.82, 2.24) is 0 Å². The summed E-state index contributed by atoms with van der Waals surface area (Å²) in [6.45, 7) is 13.7. The van der Waals surface area contributed by atoms with Gasteiger partial charge in [0.2, 0.25) is 0 Å². The maximum absolute atomic E-state index is 6.00. The van der Waals surface area contributed by atoms with Gasteiger partial charge in [-0.15, -0.1) is 0 Å². The van der Waals surface area contributed by atoms with Crippen molar-refractivity contribution in [3.05, 3.63) is 42.0 Å². The van der Waals surface area contributed by atoms with Crippen LogP contribution in [0.25, 0.3) is 6.08 Å². The first-order valence-electron chi connectivity index (χ1n) is 7.89. The van der Waals surface area contributed by atoms with Crippen LogP contribution in [0.2, 0.25) is 0 Å². The molecule has 0 aliphatic carbocycles. The van der Waals surface area contributed by atoms with Gasteiger partial charge >= 0.3 is 9.05 Å². The van der Waals surface area contributed by atoms with E-state index in [0.29, 0.717) is 26.4 Å². The van der Waals surface area contributed by atoms with Crippen LogP contribution in [0.5, 0.6) is 0 Å². The van der Waals surface area contributed by atoms with Gasteiger partial charge in [-0.2, -0.15) is 0 Å². The largest absolute Gasteiger partial charge is 0.679 e. The molecule has 0 heterocycles. The van der Waals surface area contributed by atoms with Crippen molar-refractivity contribution in [1.29, 1.82) is 0 Å². The maximum Gasteiger partial charge on any atom is 0.679 e. The van der Waals surface area contributed by atoms with Crippen molar-refractivity contribution in [2.45, 2.75) is 33.6 Å². The highest BCUT2D eigenvalue weighted by atomic mass is 28.4. The zero-order valence-corrected chi connectivity index (χ0v) is 15.1. The zero-order chi connectivity index (χ0) is 16.4. The summed E-state index contributed by atoms with van der Waals surface area (Å²) in [5.74, 6) is 0.197. The third-order valence-electron chi connectivity index (χ3n) is 3.22. The summed E-state index contributed by atoms with van der Waals surface area (Å²) >= 11 is 0. The van der Waals surface area contributed by atoms with Gasteiger partial charge in [0.25, 0.3) is 0 Å². The van der Waals surface area contributed by atoms with E-state index in [-0.39, 0.29) is 5.92 Å². The molecule has 0 saturated carbocycles. The summed E-state index contributed by atoms with van der Waals surface area (Å²) < 4.78 is 23.1. The molecule has 0 aliphatic rings. The quantitative estimate of drug-likeness (QED) is 0.577. The van der Waals surface area contributed by atoms with E-state index in [9.17, 15) is 0 Å². The van der Waals surface area contributed by atoms with E-state index in [4.69, 9.17) is 17.7 Å². The number of hydrogen-bond acceptors (Lipinski definition) is 4. The van der Waals surface area contributed by atoms with Crippen molar-refractivity contribution in [2.24, 2.45) is 0 Å². The predicted molar refractivity (Wildman–Crippen MR) is 91.5 cm³/mol. The Morgan fingerprint density at radius 2 is 1.55 bits per heavy atom. The molecule has 0 saturated heterocycles. The Hall–Kier alpha value is -0.983. The minimum atomic E-state index is -3.04. The third kappa shape index (κ3) is 5.33. The van der Waals surface area contributed by atoms with Gasteiger partial charge in [-0.25, -0.2) is 0 Å². The van der Waals surface area contributed by atoms with Gasteiger partial charge in [0.15, 0.2) is 0 Å². The Balaban J connectivity index is 2.80. The number of hydrogen-bond donors (Lipinski definition) is 0. The van der Waals surface area contributed by atoms with Crippen LogP contribution in [0, 0.1) is 0 Å². The Morgan fingerprint density at radius 3 is 2.05 bits per heavy atom. The van der Waals surface area contributed by atoms with Gasteiger partial charge in [0.1, 0.15) is 0 Å². The summed E-state index contributed by atoms with van der Waals surface area (Å²) in [6.07, 6.45) is 1.87. The lowest BCUT2D eigenvalue weighted by Gasteiger charge is -2.28. The van der Waals surface area contributed by atoms with E-state index in [0.717, 1.165) is 5.56 Å². The first kappa shape index (κ1) is 19.1. The lowest BCUT2D eigenvalue weighted by atomic mass is 9.96. The van der Waals surface area contributed by atoms with Crippen molar-refractivity contribution in [3.63, 3.8) is 0 Å². The molecule has 1 aromatic rings. The summed E-state index contributed by atoms with van der Waals surface area (Å²) in [7, 11) is -3.04. The van der Waals surface area contributed by atoms with E-state index in [2.05, 4.69) is 25.6 Å². The molecule has 1 rings (SSSR count). The van der Waals surface area contributed by atoms with Crippen LogP contribution in [-0.2, 0) is 17.7 Å². The molecular formula is C17H28O4Si. The second-order valence-electron chi connectivity index (χ2n) is 4.84. The standard InChI is InChI=1S/C17H28O4Si/c1-6-16-12-10-11-13-17(16)15(5)14-21-22(18-7-2,19-8-3)20-9-4/h6,10-13,15H,1,7-9,14H2,2-5H3. The van der Waals surface area contributed by atoms with E-state index >= 15 is 0 Å². The molecule has 0 amide bonds. The SMILES string of the molecule is C=Cc1ccccc1C(C)CO[Si](OCC)(OCC)OCC. The molecule has 1 unspecified atom stereocenters. The van der Waals surface area contributed by atoms with Crippen LogP contribution in [0.15, 0.2) is 30.8 Å². The average molecular weight is 324 g/mol. The predicted octanol–water partition coefficient (Wildman–Crippen LogP) is 3.99. The zero-order valence-electron chi connectivity index (χ0n) is 14.1. The van der Waals surface area contributed by atoms with Crippen LogP contribution in [-0.4, -0.2) is 35.5 Å². The maximum atomic E-state index is 6.00. The fourth-order valence-electron chi connectivity index (χ4n) is 2.24. The highest BCUT2D eigenvalue weighted by Crippen LogP contribution is 2.23. The van der Waals surface area contributed by atoms with Gasteiger partial charge < -0.3 is 17.7 Å². The summed E-state index contributed by atoms with van der Waals surface area (Å²) in [5.41, 5.74) is 2.32. The Bertz CT molecular complexity index is 433. The van der Waals surface area contributed by atoms with E-state index in [1.54, 1.807) is 0 Å². The summed E-state index contributed by atoms with van der Waals surface area (Å²) in [6, 6.07) is 8.18. The smallest absolute Gasteiger partial charge is 0.351 e. The summed E-state index contributed by atoms with van der Waals surface area (Å²) in [4.78, 5) is 0. The van der Waals surface area contributed by atoms with E-state index < -0.39 is 9.05 Å². The fourth-order valence-corrected chi connectivity index (χ4v) is 4.26. The molecule has 0 fully saturated rings. The van der Waals surface area contributed by atoms with Gasteiger partial charge in [0, 0.05) is 32.3 Å². The highest BCUT2D eigenvalue weighted by molar-refractivity contribution is 6.53. The molecule has 22 heavy (non-hydrogen) atoms.